The Morgan fingerprint density at radius 2 is 2.06 bits per heavy atom. The Labute approximate surface area is 100 Å². The average Bonchev–Trinajstić information content (AvgIpc) is 2.29. The van der Waals surface area contributed by atoms with Gasteiger partial charge in [0.25, 0.3) is 0 Å². The number of primary amides is 1. The Morgan fingerprint density at radius 3 is 2.71 bits per heavy atom. The number of pyridine rings is 1. The Morgan fingerprint density at radius 1 is 1.35 bits per heavy atom. The highest BCUT2D eigenvalue weighted by Crippen LogP contribution is 2.15. The lowest BCUT2D eigenvalue weighted by molar-refractivity contribution is 0.259. The van der Waals surface area contributed by atoms with Crippen LogP contribution in [0.2, 0.25) is 0 Å². The van der Waals surface area contributed by atoms with Crippen molar-refractivity contribution in [1.82, 2.24) is 9.88 Å². The van der Waals surface area contributed by atoms with E-state index in [0.29, 0.717) is 5.82 Å². The van der Waals surface area contributed by atoms with Crippen LogP contribution in [-0.4, -0.2) is 49.1 Å². The predicted octanol–water partition coefficient (Wildman–Crippen LogP) is 0.324. The second-order valence-electron chi connectivity index (χ2n) is 4.16. The molecule has 0 atom stereocenters. The van der Waals surface area contributed by atoms with Crippen LogP contribution in [0.5, 0.6) is 0 Å². The minimum absolute atomic E-state index is 0.494. The summed E-state index contributed by atoms with van der Waals surface area (Å²) in [6, 6.07) is 4.95. The topological polar surface area (TPSA) is 74.5 Å². The fourth-order valence-corrected chi connectivity index (χ4v) is 1.83. The maximum absolute atomic E-state index is 10.8. The summed E-state index contributed by atoms with van der Waals surface area (Å²) in [5, 5.41) is 2.48. The van der Waals surface area contributed by atoms with Crippen LogP contribution in [0.15, 0.2) is 18.2 Å². The van der Waals surface area contributed by atoms with Gasteiger partial charge >= 0.3 is 6.03 Å². The standard InChI is InChI=1S/C11H17N5O/c1-15-5-7-16(8-6-15)10-4-2-3-9(13-10)14-11(12)17/h2-4H,5-8H2,1H3,(H3,12,13,14,17). The Balaban J connectivity index is 2.07. The third kappa shape index (κ3) is 3.07. The van der Waals surface area contributed by atoms with E-state index < -0.39 is 6.03 Å². The number of rotatable bonds is 2. The zero-order valence-corrected chi connectivity index (χ0v) is 9.89. The fourth-order valence-electron chi connectivity index (χ4n) is 1.83. The van der Waals surface area contributed by atoms with Crippen molar-refractivity contribution in [3.63, 3.8) is 0 Å². The molecule has 92 valence electrons. The number of hydrogen-bond donors (Lipinski definition) is 2. The molecule has 0 bridgehead atoms. The third-order valence-corrected chi connectivity index (χ3v) is 2.81. The molecule has 2 amide bonds. The molecule has 1 aliphatic heterocycles. The van der Waals surface area contributed by atoms with Crippen molar-refractivity contribution in [2.24, 2.45) is 5.73 Å². The lowest BCUT2D eigenvalue weighted by Crippen LogP contribution is -2.44. The molecular formula is C11H17N5O. The van der Waals surface area contributed by atoms with Crippen molar-refractivity contribution in [1.29, 1.82) is 0 Å². The molecule has 1 saturated heterocycles. The van der Waals surface area contributed by atoms with Gasteiger partial charge in [0.2, 0.25) is 0 Å². The van der Waals surface area contributed by atoms with Crippen molar-refractivity contribution >= 4 is 17.7 Å². The van der Waals surface area contributed by atoms with E-state index >= 15 is 0 Å². The van der Waals surface area contributed by atoms with Gasteiger partial charge in [-0.1, -0.05) is 6.07 Å². The number of carbonyl (C=O) groups is 1. The highest BCUT2D eigenvalue weighted by atomic mass is 16.2. The van der Waals surface area contributed by atoms with E-state index in [4.69, 9.17) is 5.73 Å². The number of anilines is 2. The lowest BCUT2D eigenvalue weighted by Gasteiger charge is -2.33. The molecule has 1 fully saturated rings. The van der Waals surface area contributed by atoms with E-state index in [-0.39, 0.29) is 0 Å². The van der Waals surface area contributed by atoms with Crippen molar-refractivity contribution in [2.75, 3.05) is 43.4 Å². The minimum atomic E-state index is -0.590. The summed E-state index contributed by atoms with van der Waals surface area (Å²) in [6.07, 6.45) is 0. The van der Waals surface area contributed by atoms with Crippen molar-refractivity contribution in [3.8, 4) is 0 Å². The second kappa shape index (κ2) is 5.01. The van der Waals surface area contributed by atoms with Crippen LogP contribution in [-0.2, 0) is 0 Å². The van der Waals surface area contributed by atoms with Gasteiger partial charge in [0.05, 0.1) is 0 Å². The largest absolute Gasteiger partial charge is 0.354 e. The Bertz CT molecular complexity index is 401. The fraction of sp³-hybridized carbons (Fsp3) is 0.455. The first-order chi connectivity index (χ1) is 8.15. The summed E-state index contributed by atoms with van der Waals surface area (Å²) in [7, 11) is 2.11. The molecule has 6 heteroatoms. The number of urea groups is 1. The van der Waals surface area contributed by atoms with Crippen LogP contribution in [0.4, 0.5) is 16.4 Å². The van der Waals surface area contributed by atoms with E-state index in [2.05, 4.69) is 27.1 Å². The summed E-state index contributed by atoms with van der Waals surface area (Å²) >= 11 is 0. The van der Waals surface area contributed by atoms with Crippen LogP contribution < -0.4 is 16.0 Å². The van der Waals surface area contributed by atoms with Gasteiger partial charge in [0, 0.05) is 26.2 Å². The van der Waals surface area contributed by atoms with Gasteiger partial charge in [0.1, 0.15) is 11.6 Å². The molecule has 0 aliphatic carbocycles. The van der Waals surface area contributed by atoms with Gasteiger partial charge < -0.3 is 15.5 Å². The first-order valence-electron chi connectivity index (χ1n) is 5.62. The van der Waals surface area contributed by atoms with Gasteiger partial charge in [-0.25, -0.2) is 9.78 Å². The van der Waals surface area contributed by atoms with E-state index in [9.17, 15) is 4.79 Å². The van der Waals surface area contributed by atoms with E-state index in [1.165, 1.54) is 0 Å². The summed E-state index contributed by atoms with van der Waals surface area (Å²) < 4.78 is 0. The lowest BCUT2D eigenvalue weighted by atomic mass is 10.3. The van der Waals surface area contributed by atoms with Gasteiger partial charge in [-0.05, 0) is 19.2 Å². The molecule has 6 nitrogen and oxygen atoms in total. The predicted molar refractivity (Wildman–Crippen MR) is 67.2 cm³/mol. The van der Waals surface area contributed by atoms with Crippen molar-refractivity contribution < 1.29 is 4.79 Å². The van der Waals surface area contributed by atoms with E-state index in [1.54, 1.807) is 6.07 Å². The number of likely N-dealkylation sites (N-methyl/N-ethyl adjacent to an activating group) is 1. The first kappa shape index (κ1) is 11.7. The number of nitrogens with two attached hydrogens (primary N) is 1. The summed E-state index contributed by atoms with van der Waals surface area (Å²) in [6.45, 7) is 3.94. The molecule has 0 aromatic carbocycles. The quantitative estimate of drug-likeness (QED) is 0.774. The van der Waals surface area contributed by atoms with Gasteiger partial charge in [-0.2, -0.15) is 0 Å². The molecule has 1 aromatic heterocycles. The average molecular weight is 235 g/mol. The number of nitrogens with zero attached hydrogens (tertiary/aromatic N) is 3. The van der Waals surface area contributed by atoms with Crippen molar-refractivity contribution in [3.05, 3.63) is 18.2 Å². The van der Waals surface area contributed by atoms with Gasteiger partial charge in [-0.15, -0.1) is 0 Å². The Hall–Kier alpha value is -1.82. The summed E-state index contributed by atoms with van der Waals surface area (Å²) in [4.78, 5) is 19.6. The maximum atomic E-state index is 10.8. The minimum Gasteiger partial charge on any atom is -0.354 e. The Kier molecular flexibility index (Phi) is 3.43. The molecule has 0 radical (unpaired) electrons. The molecule has 1 aliphatic rings. The monoisotopic (exact) mass is 235 g/mol. The summed E-state index contributed by atoms with van der Waals surface area (Å²) in [5.41, 5.74) is 5.06. The summed E-state index contributed by atoms with van der Waals surface area (Å²) in [5.74, 6) is 1.37. The second-order valence-corrected chi connectivity index (χ2v) is 4.16. The van der Waals surface area contributed by atoms with Crippen LogP contribution in [0.25, 0.3) is 0 Å². The van der Waals surface area contributed by atoms with Crippen LogP contribution in [0.1, 0.15) is 0 Å². The molecular weight excluding hydrogens is 218 g/mol. The van der Waals surface area contributed by atoms with Crippen LogP contribution in [0, 0.1) is 0 Å². The smallest absolute Gasteiger partial charge is 0.317 e. The number of carbonyl (C=O) groups excluding carboxylic acids is 1. The number of piperazine rings is 1. The highest BCUT2D eigenvalue weighted by Gasteiger charge is 2.15. The molecule has 3 N–H and O–H groups in total. The molecule has 0 spiro atoms. The zero-order valence-electron chi connectivity index (χ0n) is 9.89. The number of hydrogen-bond acceptors (Lipinski definition) is 4. The highest BCUT2D eigenvalue weighted by molar-refractivity contribution is 5.86. The molecule has 2 heterocycles. The molecule has 17 heavy (non-hydrogen) atoms. The molecule has 1 aromatic rings. The SMILES string of the molecule is CN1CCN(c2cccc(NC(N)=O)n2)CC1. The number of nitrogens with one attached hydrogen (secondary N) is 1. The molecule has 0 unspecified atom stereocenters. The van der Waals surface area contributed by atoms with Gasteiger partial charge in [-0.3, -0.25) is 5.32 Å². The first-order valence-corrected chi connectivity index (χ1v) is 5.62. The van der Waals surface area contributed by atoms with Crippen LogP contribution in [0.3, 0.4) is 0 Å². The third-order valence-electron chi connectivity index (χ3n) is 2.81. The van der Waals surface area contributed by atoms with E-state index in [0.717, 1.165) is 32.0 Å². The van der Waals surface area contributed by atoms with Crippen molar-refractivity contribution in [2.45, 2.75) is 0 Å². The van der Waals surface area contributed by atoms with Crippen LogP contribution >= 0.6 is 0 Å². The zero-order chi connectivity index (χ0) is 12.3. The van der Waals surface area contributed by atoms with Gasteiger partial charge in [0.15, 0.2) is 0 Å². The normalized spacial score (nSPS) is 16.9. The molecule has 2 rings (SSSR count). The maximum Gasteiger partial charge on any atom is 0.317 e. The van der Waals surface area contributed by atoms with E-state index in [1.807, 2.05) is 12.1 Å². The number of aromatic nitrogens is 1. The number of amides is 2. The molecule has 0 saturated carbocycles.